The van der Waals surface area contributed by atoms with E-state index in [1.54, 1.807) is 0 Å². The van der Waals surface area contributed by atoms with Crippen molar-refractivity contribution in [1.29, 1.82) is 0 Å². The van der Waals surface area contributed by atoms with E-state index in [1.165, 1.54) is 32.1 Å². The van der Waals surface area contributed by atoms with E-state index in [0.717, 1.165) is 18.8 Å². The van der Waals surface area contributed by atoms with Gasteiger partial charge in [0, 0.05) is 23.6 Å². The van der Waals surface area contributed by atoms with Crippen LogP contribution in [0.4, 0.5) is 0 Å². The molecule has 7 heteroatoms. The first-order chi connectivity index (χ1) is 9.15. The molecule has 0 aromatic carbocycles. The summed E-state index contributed by atoms with van der Waals surface area (Å²) in [5.41, 5.74) is 5.21. The average molecular weight is 322 g/mol. The molecule has 3 N–H and O–H groups in total. The molecule has 1 saturated heterocycles. The van der Waals surface area contributed by atoms with Crippen molar-refractivity contribution in [3.05, 3.63) is 0 Å². The molecule has 2 fully saturated rings. The number of carbonyl (C=O) groups is 2. The van der Waals surface area contributed by atoms with Gasteiger partial charge >= 0.3 is 0 Å². The highest BCUT2D eigenvalue weighted by molar-refractivity contribution is 8.00. The minimum absolute atomic E-state index is 0. The van der Waals surface area contributed by atoms with Crippen LogP contribution in [0.5, 0.6) is 0 Å². The van der Waals surface area contributed by atoms with Crippen LogP contribution in [0.2, 0.25) is 0 Å². The van der Waals surface area contributed by atoms with E-state index >= 15 is 0 Å². The highest BCUT2D eigenvalue weighted by Crippen LogP contribution is 2.42. The first-order valence-electron chi connectivity index (χ1n) is 7.04. The molecule has 1 spiro atoms. The van der Waals surface area contributed by atoms with Crippen molar-refractivity contribution in [3.63, 3.8) is 0 Å². The normalized spacial score (nSPS) is 21.1. The fourth-order valence-electron chi connectivity index (χ4n) is 2.91. The summed E-state index contributed by atoms with van der Waals surface area (Å²) in [7, 11) is 0. The zero-order valence-corrected chi connectivity index (χ0v) is 13.4. The second kappa shape index (κ2) is 8.10. The summed E-state index contributed by atoms with van der Waals surface area (Å²) in [6, 6.07) is 0. The van der Waals surface area contributed by atoms with Crippen LogP contribution in [0, 0.1) is 0 Å². The highest BCUT2D eigenvalue weighted by atomic mass is 35.5. The van der Waals surface area contributed by atoms with Crippen molar-refractivity contribution in [2.75, 3.05) is 31.9 Å². The first-order valence-corrected chi connectivity index (χ1v) is 8.02. The Hall–Kier alpha value is -0.460. The zero-order valence-electron chi connectivity index (χ0n) is 11.7. The number of amides is 2. The van der Waals surface area contributed by atoms with Gasteiger partial charge in [-0.2, -0.15) is 11.8 Å². The largest absolute Gasteiger partial charge is 0.346 e. The van der Waals surface area contributed by atoms with Crippen molar-refractivity contribution in [2.24, 2.45) is 5.73 Å². The molecule has 1 heterocycles. The maximum absolute atomic E-state index is 12.1. The van der Waals surface area contributed by atoms with Gasteiger partial charge in [0.1, 0.15) is 0 Å². The molecule has 0 bridgehead atoms. The topological polar surface area (TPSA) is 75.4 Å². The van der Waals surface area contributed by atoms with Gasteiger partial charge in [-0.05, 0) is 12.8 Å². The number of carbonyl (C=O) groups excluding carboxylic acids is 2. The molecular weight excluding hydrogens is 298 g/mol. The highest BCUT2D eigenvalue weighted by Gasteiger charge is 2.38. The summed E-state index contributed by atoms with van der Waals surface area (Å²) < 4.78 is 0.282. The molecule has 0 atom stereocenters. The number of nitrogens with two attached hydrogens (primary N) is 1. The minimum Gasteiger partial charge on any atom is -0.346 e. The van der Waals surface area contributed by atoms with Crippen molar-refractivity contribution < 1.29 is 9.59 Å². The van der Waals surface area contributed by atoms with E-state index in [2.05, 4.69) is 5.32 Å². The van der Waals surface area contributed by atoms with Crippen molar-refractivity contribution in [1.82, 2.24) is 10.2 Å². The van der Waals surface area contributed by atoms with Crippen LogP contribution in [0.1, 0.15) is 32.1 Å². The third-order valence-corrected chi connectivity index (χ3v) is 5.52. The molecule has 0 aromatic heterocycles. The number of nitrogens with zero attached hydrogens (tertiary/aromatic N) is 1. The Bertz CT molecular complexity index is 343. The van der Waals surface area contributed by atoms with Crippen LogP contribution in [0.3, 0.4) is 0 Å². The molecule has 20 heavy (non-hydrogen) atoms. The number of rotatable bonds is 3. The Morgan fingerprint density at radius 3 is 2.60 bits per heavy atom. The standard InChI is InChI=1S/C13H23N3O2S.ClH/c14-8-11(17)15-9-12(18)16-6-7-19-13(10-16)4-2-1-3-5-13;/h1-10,14H2,(H,15,17);1H. The van der Waals surface area contributed by atoms with Crippen LogP contribution in [-0.2, 0) is 9.59 Å². The van der Waals surface area contributed by atoms with Gasteiger partial charge in [-0.25, -0.2) is 0 Å². The molecule has 1 aliphatic carbocycles. The predicted molar refractivity (Wildman–Crippen MR) is 84.2 cm³/mol. The zero-order chi connectivity index (χ0) is 13.7. The SMILES string of the molecule is Cl.NCC(=O)NCC(=O)N1CCSC2(CCCCC2)C1. The smallest absolute Gasteiger partial charge is 0.242 e. The van der Waals surface area contributed by atoms with Crippen LogP contribution >= 0.6 is 24.2 Å². The molecule has 0 unspecified atom stereocenters. The average Bonchev–Trinajstić information content (AvgIpc) is 2.45. The Morgan fingerprint density at radius 2 is 1.95 bits per heavy atom. The third-order valence-electron chi connectivity index (χ3n) is 3.99. The minimum atomic E-state index is -0.271. The van der Waals surface area contributed by atoms with Crippen LogP contribution < -0.4 is 11.1 Å². The molecular formula is C13H24ClN3O2S. The molecule has 1 aliphatic heterocycles. The summed E-state index contributed by atoms with van der Waals surface area (Å²) >= 11 is 2.04. The first kappa shape index (κ1) is 17.6. The molecule has 0 aromatic rings. The van der Waals surface area contributed by atoms with E-state index < -0.39 is 0 Å². The Balaban J connectivity index is 0.00000200. The molecule has 2 amide bonds. The van der Waals surface area contributed by atoms with Crippen LogP contribution in [0.15, 0.2) is 0 Å². The fraction of sp³-hybridized carbons (Fsp3) is 0.846. The van der Waals surface area contributed by atoms with Crippen LogP contribution in [0.25, 0.3) is 0 Å². The number of halogens is 1. The summed E-state index contributed by atoms with van der Waals surface area (Å²) in [6.45, 7) is 1.66. The summed E-state index contributed by atoms with van der Waals surface area (Å²) in [5, 5.41) is 2.56. The number of hydrogen-bond donors (Lipinski definition) is 2. The van der Waals surface area contributed by atoms with E-state index in [4.69, 9.17) is 5.73 Å². The van der Waals surface area contributed by atoms with Crippen molar-refractivity contribution in [3.8, 4) is 0 Å². The molecule has 2 rings (SSSR count). The quantitative estimate of drug-likeness (QED) is 0.805. The van der Waals surface area contributed by atoms with E-state index in [9.17, 15) is 9.59 Å². The molecule has 5 nitrogen and oxygen atoms in total. The summed E-state index contributed by atoms with van der Waals surface area (Å²) in [5.74, 6) is 0.760. The Labute approximate surface area is 130 Å². The van der Waals surface area contributed by atoms with Crippen molar-refractivity contribution in [2.45, 2.75) is 36.9 Å². The summed E-state index contributed by atoms with van der Waals surface area (Å²) in [4.78, 5) is 25.1. The molecule has 0 radical (unpaired) electrons. The van der Waals surface area contributed by atoms with Gasteiger partial charge in [0.25, 0.3) is 0 Å². The lowest BCUT2D eigenvalue weighted by Gasteiger charge is -2.44. The van der Waals surface area contributed by atoms with E-state index in [-0.39, 0.29) is 42.1 Å². The van der Waals surface area contributed by atoms with Gasteiger partial charge in [0.15, 0.2) is 0 Å². The van der Waals surface area contributed by atoms with Gasteiger partial charge in [0.05, 0.1) is 13.1 Å². The van der Waals surface area contributed by atoms with Gasteiger partial charge in [0.2, 0.25) is 11.8 Å². The number of thioether (sulfide) groups is 1. The predicted octanol–water partition coefficient (Wildman–Crippen LogP) is 0.761. The number of hydrogen-bond acceptors (Lipinski definition) is 4. The van der Waals surface area contributed by atoms with Gasteiger partial charge < -0.3 is 16.0 Å². The molecule has 2 aliphatic rings. The van der Waals surface area contributed by atoms with Crippen molar-refractivity contribution >= 4 is 36.0 Å². The maximum Gasteiger partial charge on any atom is 0.242 e. The Kier molecular flexibility index (Phi) is 7.12. The van der Waals surface area contributed by atoms with Crippen LogP contribution in [-0.4, -0.2) is 53.4 Å². The molecule has 1 saturated carbocycles. The van der Waals surface area contributed by atoms with Gasteiger partial charge in [-0.1, -0.05) is 19.3 Å². The lowest BCUT2D eigenvalue weighted by atomic mass is 9.87. The second-order valence-corrected chi connectivity index (χ2v) is 6.95. The van der Waals surface area contributed by atoms with Gasteiger partial charge in [-0.3, -0.25) is 9.59 Å². The molecule has 116 valence electrons. The maximum atomic E-state index is 12.1. The van der Waals surface area contributed by atoms with E-state index in [1.807, 2.05) is 16.7 Å². The number of nitrogens with one attached hydrogen (secondary N) is 1. The Morgan fingerprint density at radius 1 is 1.25 bits per heavy atom. The second-order valence-electron chi connectivity index (χ2n) is 5.39. The van der Waals surface area contributed by atoms with Gasteiger partial charge in [-0.15, -0.1) is 12.4 Å². The fourth-order valence-corrected chi connectivity index (χ4v) is 4.48. The lowest BCUT2D eigenvalue weighted by molar-refractivity contribution is -0.133. The summed E-state index contributed by atoms with van der Waals surface area (Å²) in [6.07, 6.45) is 6.31. The third kappa shape index (κ3) is 4.53. The monoisotopic (exact) mass is 321 g/mol. The van der Waals surface area contributed by atoms with E-state index in [0.29, 0.717) is 0 Å². The lowest BCUT2D eigenvalue weighted by Crippen LogP contribution is -2.52.